The summed E-state index contributed by atoms with van der Waals surface area (Å²) in [4.78, 5) is 0. The number of nitrogens with zero attached hydrogens (tertiary/aromatic N) is 2. The molecule has 4 nitrogen and oxygen atoms in total. The van der Waals surface area contributed by atoms with Gasteiger partial charge >= 0.3 is 0 Å². The molecular formula is C21H12N2O2. The van der Waals surface area contributed by atoms with E-state index in [0.29, 0.717) is 0 Å². The van der Waals surface area contributed by atoms with E-state index in [1.54, 1.807) is 12.5 Å². The van der Waals surface area contributed by atoms with Crippen molar-refractivity contribution < 1.29 is 8.83 Å². The third kappa shape index (κ3) is 1.12. The summed E-state index contributed by atoms with van der Waals surface area (Å²) in [5, 5.41) is 6.02. The zero-order chi connectivity index (χ0) is 16.3. The second-order valence-corrected chi connectivity index (χ2v) is 6.72. The summed E-state index contributed by atoms with van der Waals surface area (Å²) in [5.41, 5.74) is 6.44. The van der Waals surface area contributed by atoms with Crippen LogP contribution in [0, 0.1) is 0 Å². The largest absolute Gasteiger partial charge is 0.462 e. The standard InChI is InChI=1S/C21H12N2O2/c1-22-14-4-2-3-11-12-7-9-25-21(12)23-16-8-10-24-20(16)13-5-6-15(22)18(17(11)14)19(13)23/h2-10H,1H3. The molecule has 5 heterocycles. The van der Waals surface area contributed by atoms with Crippen LogP contribution in [0.25, 0.3) is 60.3 Å². The number of rotatable bonds is 0. The summed E-state index contributed by atoms with van der Waals surface area (Å²) in [6.45, 7) is 0. The minimum atomic E-state index is 0.861. The van der Waals surface area contributed by atoms with Crippen LogP contribution in [-0.4, -0.2) is 8.97 Å². The molecule has 0 aliphatic carbocycles. The lowest BCUT2D eigenvalue weighted by Crippen LogP contribution is -1.87. The number of hydrogen-bond donors (Lipinski definition) is 0. The van der Waals surface area contributed by atoms with Crippen molar-refractivity contribution in [2.45, 2.75) is 0 Å². The average molecular weight is 324 g/mol. The van der Waals surface area contributed by atoms with E-state index in [1.165, 1.54) is 32.7 Å². The molecule has 7 aromatic rings. The number of aryl methyl sites for hydroxylation is 1. The number of aromatic nitrogens is 2. The number of furan rings is 2. The monoisotopic (exact) mass is 324 g/mol. The molecule has 0 fully saturated rings. The summed E-state index contributed by atoms with van der Waals surface area (Å²) in [6.07, 6.45) is 3.52. The third-order valence-corrected chi connectivity index (χ3v) is 5.66. The topological polar surface area (TPSA) is 35.6 Å². The molecule has 0 N–H and O–H groups in total. The Morgan fingerprint density at radius 3 is 2.56 bits per heavy atom. The summed E-state index contributed by atoms with van der Waals surface area (Å²) in [5.74, 6) is 0. The second-order valence-electron chi connectivity index (χ2n) is 6.72. The van der Waals surface area contributed by atoms with Crippen molar-refractivity contribution in [3.8, 4) is 0 Å². The molecule has 0 spiro atoms. The van der Waals surface area contributed by atoms with Gasteiger partial charge in [-0.2, -0.15) is 0 Å². The minimum absolute atomic E-state index is 0.861. The van der Waals surface area contributed by atoms with Crippen molar-refractivity contribution in [1.82, 2.24) is 8.97 Å². The molecule has 2 aromatic carbocycles. The fourth-order valence-corrected chi connectivity index (χ4v) is 4.65. The van der Waals surface area contributed by atoms with E-state index in [1.807, 2.05) is 6.07 Å². The minimum Gasteiger partial charge on any atom is -0.462 e. The number of benzene rings is 2. The van der Waals surface area contributed by atoms with E-state index in [4.69, 9.17) is 8.83 Å². The molecule has 4 heteroatoms. The molecule has 7 rings (SSSR count). The van der Waals surface area contributed by atoms with E-state index >= 15 is 0 Å². The Kier molecular flexibility index (Phi) is 1.75. The van der Waals surface area contributed by atoms with Gasteiger partial charge in [0.05, 0.1) is 29.1 Å². The van der Waals surface area contributed by atoms with Crippen molar-refractivity contribution >= 4 is 60.3 Å². The van der Waals surface area contributed by atoms with Gasteiger partial charge in [-0.3, -0.25) is 4.40 Å². The maximum atomic E-state index is 5.97. The third-order valence-electron chi connectivity index (χ3n) is 5.66. The molecule has 0 bridgehead atoms. The molecule has 0 amide bonds. The molecule has 0 radical (unpaired) electrons. The van der Waals surface area contributed by atoms with Crippen LogP contribution in [-0.2, 0) is 7.05 Å². The molecule has 0 saturated heterocycles. The average Bonchev–Trinajstić information content (AvgIpc) is 3.36. The van der Waals surface area contributed by atoms with Crippen LogP contribution in [0.3, 0.4) is 0 Å². The molecule has 0 unspecified atom stereocenters. The van der Waals surface area contributed by atoms with Crippen LogP contribution >= 0.6 is 0 Å². The molecule has 118 valence electrons. The zero-order valence-corrected chi connectivity index (χ0v) is 13.4. The van der Waals surface area contributed by atoms with Gasteiger partial charge in [0.2, 0.25) is 5.71 Å². The number of fused-ring (bicyclic) bond motifs is 6. The van der Waals surface area contributed by atoms with Crippen LogP contribution in [0.15, 0.2) is 63.8 Å². The quantitative estimate of drug-likeness (QED) is 0.360. The van der Waals surface area contributed by atoms with Crippen LogP contribution < -0.4 is 0 Å². The molecule has 5 aromatic heterocycles. The first-order valence-electron chi connectivity index (χ1n) is 8.34. The summed E-state index contributed by atoms with van der Waals surface area (Å²) in [6, 6.07) is 14.9. The molecular weight excluding hydrogens is 312 g/mol. The van der Waals surface area contributed by atoms with E-state index in [-0.39, 0.29) is 0 Å². The molecule has 0 aliphatic heterocycles. The predicted octanol–water partition coefficient (Wildman–Crippen LogP) is 5.67. The smallest absolute Gasteiger partial charge is 0.212 e. The lowest BCUT2D eigenvalue weighted by atomic mass is 10.1. The van der Waals surface area contributed by atoms with Gasteiger partial charge in [0, 0.05) is 40.2 Å². The van der Waals surface area contributed by atoms with E-state index in [2.05, 4.69) is 52.4 Å². The van der Waals surface area contributed by atoms with Crippen LogP contribution in [0.1, 0.15) is 0 Å². The Labute approximate surface area is 140 Å². The zero-order valence-electron chi connectivity index (χ0n) is 13.4. The van der Waals surface area contributed by atoms with Crippen molar-refractivity contribution in [3.05, 3.63) is 55.0 Å². The first kappa shape index (κ1) is 12.0. The van der Waals surface area contributed by atoms with Crippen molar-refractivity contribution in [3.63, 3.8) is 0 Å². The highest BCUT2D eigenvalue weighted by atomic mass is 16.3. The summed E-state index contributed by atoms with van der Waals surface area (Å²) < 4.78 is 16.3. The van der Waals surface area contributed by atoms with Crippen molar-refractivity contribution in [2.75, 3.05) is 0 Å². The van der Waals surface area contributed by atoms with Crippen molar-refractivity contribution in [2.24, 2.45) is 7.05 Å². The van der Waals surface area contributed by atoms with E-state index in [0.717, 1.165) is 27.6 Å². The van der Waals surface area contributed by atoms with Gasteiger partial charge in [0.15, 0.2) is 5.58 Å². The predicted molar refractivity (Wildman–Crippen MR) is 99.6 cm³/mol. The highest BCUT2D eigenvalue weighted by Gasteiger charge is 2.23. The van der Waals surface area contributed by atoms with Crippen LogP contribution in [0.4, 0.5) is 0 Å². The first-order valence-corrected chi connectivity index (χ1v) is 8.34. The molecule has 0 saturated carbocycles. The highest BCUT2D eigenvalue weighted by Crippen LogP contribution is 2.43. The van der Waals surface area contributed by atoms with Crippen LogP contribution in [0.5, 0.6) is 0 Å². The highest BCUT2D eigenvalue weighted by molar-refractivity contribution is 6.31. The van der Waals surface area contributed by atoms with Crippen LogP contribution in [0.2, 0.25) is 0 Å². The van der Waals surface area contributed by atoms with Gasteiger partial charge < -0.3 is 13.4 Å². The maximum absolute atomic E-state index is 5.97. The van der Waals surface area contributed by atoms with Crippen molar-refractivity contribution in [1.29, 1.82) is 0 Å². The normalized spacial score (nSPS) is 13.0. The Hall–Kier alpha value is -3.40. The maximum Gasteiger partial charge on any atom is 0.212 e. The summed E-state index contributed by atoms with van der Waals surface area (Å²) >= 11 is 0. The van der Waals surface area contributed by atoms with Gasteiger partial charge in [-0.25, -0.2) is 0 Å². The Morgan fingerprint density at radius 2 is 1.60 bits per heavy atom. The van der Waals surface area contributed by atoms with Gasteiger partial charge in [-0.15, -0.1) is 0 Å². The Balaban J connectivity index is 2.10. The van der Waals surface area contributed by atoms with Gasteiger partial charge in [-0.05, 0) is 29.7 Å². The fraction of sp³-hybridized carbons (Fsp3) is 0.0476. The second kappa shape index (κ2) is 3.64. The van der Waals surface area contributed by atoms with Gasteiger partial charge in [0.1, 0.15) is 0 Å². The fourth-order valence-electron chi connectivity index (χ4n) is 4.65. The van der Waals surface area contributed by atoms with Gasteiger partial charge in [0.25, 0.3) is 0 Å². The Morgan fingerprint density at radius 1 is 0.720 bits per heavy atom. The summed E-state index contributed by atoms with van der Waals surface area (Å²) in [7, 11) is 2.13. The molecule has 25 heavy (non-hydrogen) atoms. The lowest BCUT2D eigenvalue weighted by Gasteiger charge is -2.00. The molecule has 0 aliphatic rings. The van der Waals surface area contributed by atoms with E-state index in [9.17, 15) is 0 Å². The molecule has 0 atom stereocenters. The SMILES string of the molecule is Cn1c2cccc3c4ccoc4n4c5ccoc5c5ccc1c(c32)c54. The first-order chi connectivity index (χ1) is 12.3. The van der Waals surface area contributed by atoms with Gasteiger partial charge in [-0.1, -0.05) is 12.1 Å². The number of hydrogen-bond acceptors (Lipinski definition) is 2. The Bertz CT molecular complexity index is 1600. The lowest BCUT2D eigenvalue weighted by molar-refractivity contribution is 0.600. The van der Waals surface area contributed by atoms with E-state index < -0.39 is 0 Å².